The molecule has 0 aromatic carbocycles. The highest BCUT2D eigenvalue weighted by Gasteiger charge is 2.29. The molecule has 1 aromatic heterocycles. The van der Waals surface area contributed by atoms with Crippen LogP contribution in [0.1, 0.15) is 43.9 Å². The number of pyridine rings is 1. The van der Waals surface area contributed by atoms with E-state index in [1.165, 1.54) is 5.56 Å². The molecule has 154 valence electrons. The quantitative estimate of drug-likeness (QED) is 0.864. The normalized spacial score (nSPS) is 18.8. The van der Waals surface area contributed by atoms with E-state index >= 15 is 0 Å². The molecule has 1 atom stereocenters. The number of carbonyl (C=O) groups excluding carboxylic acids is 2. The highest BCUT2D eigenvalue weighted by Crippen LogP contribution is 2.16. The summed E-state index contributed by atoms with van der Waals surface area (Å²) in [5.41, 5.74) is 2.18. The Balaban J connectivity index is 1.43. The second-order valence-electron chi connectivity index (χ2n) is 8.18. The Morgan fingerprint density at radius 3 is 2.50 bits per heavy atom. The van der Waals surface area contributed by atoms with Crippen LogP contribution in [-0.2, 0) is 6.42 Å². The molecule has 3 heterocycles. The highest BCUT2D eigenvalue weighted by atomic mass is 16.2. The molecule has 7 heteroatoms. The van der Waals surface area contributed by atoms with Crippen molar-refractivity contribution in [2.45, 2.75) is 58.0 Å². The van der Waals surface area contributed by atoms with Crippen LogP contribution in [-0.4, -0.2) is 77.1 Å². The van der Waals surface area contributed by atoms with Crippen molar-refractivity contribution < 1.29 is 9.59 Å². The largest absolute Gasteiger partial charge is 0.335 e. The predicted molar refractivity (Wildman–Crippen MR) is 109 cm³/mol. The maximum atomic E-state index is 12.6. The molecule has 2 fully saturated rings. The second kappa shape index (κ2) is 9.26. The lowest BCUT2D eigenvalue weighted by molar-refractivity contribution is 0.142. The monoisotopic (exact) mass is 387 g/mol. The summed E-state index contributed by atoms with van der Waals surface area (Å²) in [6, 6.07) is 4.34. The maximum Gasteiger partial charge on any atom is 0.319 e. The lowest BCUT2D eigenvalue weighted by atomic mass is 10.1. The number of aromatic nitrogens is 1. The minimum Gasteiger partial charge on any atom is -0.335 e. The van der Waals surface area contributed by atoms with Crippen molar-refractivity contribution in [3.8, 4) is 0 Å². The van der Waals surface area contributed by atoms with Crippen LogP contribution in [0.5, 0.6) is 0 Å². The van der Waals surface area contributed by atoms with Gasteiger partial charge in [-0.3, -0.25) is 4.98 Å². The Morgan fingerprint density at radius 2 is 1.86 bits per heavy atom. The number of carbonyl (C=O) groups is 2. The fraction of sp³-hybridized carbons (Fsp3) is 0.667. The fourth-order valence-electron chi connectivity index (χ4n) is 3.95. The molecule has 4 amide bonds. The SMILES string of the molecule is Cc1ccnc(C[C@H](C)N(C)C(=O)NC2CCN(C(=O)N3CCCC3)CC2)c1. The van der Waals surface area contributed by atoms with Gasteiger partial charge in [0.2, 0.25) is 0 Å². The van der Waals surface area contributed by atoms with E-state index in [4.69, 9.17) is 0 Å². The van der Waals surface area contributed by atoms with Gasteiger partial charge >= 0.3 is 12.1 Å². The molecule has 2 saturated heterocycles. The third-order valence-electron chi connectivity index (χ3n) is 5.93. The third kappa shape index (κ3) is 5.14. The maximum absolute atomic E-state index is 12.6. The molecule has 28 heavy (non-hydrogen) atoms. The molecule has 0 radical (unpaired) electrons. The van der Waals surface area contributed by atoms with E-state index in [9.17, 15) is 9.59 Å². The predicted octanol–water partition coefficient (Wildman–Crippen LogP) is 2.64. The van der Waals surface area contributed by atoms with Crippen LogP contribution in [0.2, 0.25) is 0 Å². The summed E-state index contributed by atoms with van der Waals surface area (Å²) < 4.78 is 0. The smallest absolute Gasteiger partial charge is 0.319 e. The number of nitrogens with one attached hydrogen (secondary N) is 1. The highest BCUT2D eigenvalue weighted by molar-refractivity contribution is 5.75. The zero-order valence-corrected chi connectivity index (χ0v) is 17.4. The second-order valence-corrected chi connectivity index (χ2v) is 8.18. The van der Waals surface area contributed by atoms with Crippen LogP contribution in [0.25, 0.3) is 0 Å². The van der Waals surface area contributed by atoms with Gasteiger partial charge in [-0.25, -0.2) is 9.59 Å². The van der Waals surface area contributed by atoms with Crippen LogP contribution in [0, 0.1) is 6.92 Å². The number of nitrogens with zero attached hydrogens (tertiary/aromatic N) is 4. The summed E-state index contributed by atoms with van der Waals surface area (Å²) >= 11 is 0. The number of hydrogen-bond donors (Lipinski definition) is 1. The van der Waals surface area contributed by atoms with Crippen molar-refractivity contribution >= 4 is 12.1 Å². The van der Waals surface area contributed by atoms with E-state index in [0.717, 1.165) is 50.9 Å². The van der Waals surface area contributed by atoms with E-state index in [-0.39, 0.29) is 24.1 Å². The van der Waals surface area contributed by atoms with Gasteiger partial charge in [-0.1, -0.05) is 0 Å². The first-order valence-corrected chi connectivity index (χ1v) is 10.4. The molecule has 7 nitrogen and oxygen atoms in total. The molecule has 1 N–H and O–H groups in total. The Labute approximate surface area is 168 Å². The van der Waals surface area contributed by atoms with Crippen molar-refractivity contribution in [1.29, 1.82) is 0 Å². The minimum atomic E-state index is -0.0514. The summed E-state index contributed by atoms with van der Waals surface area (Å²) in [6.45, 7) is 7.29. The van der Waals surface area contributed by atoms with Gasteiger partial charge in [-0.15, -0.1) is 0 Å². The summed E-state index contributed by atoms with van der Waals surface area (Å²) in [5.74, 6) is 0. The van der Waals surface area contributed by atoms with Gasteiger partial charge in [-0.2, -0.15) is 0 Å². The number of rotatable bonds is 4. The first kappa shape index (κ1) is 20.4. The molecule has 0 aliphatic carbocycles. The van der Waals surface area contributed by atoms with Crippen molar-refractivity contribution in [3.63, 3.8) is 0 Å². The van der Waals surface area contributed by atoms with Gasteiger partial charge in [0.1, 0.15) is 0 Å². The number of piperidine rings is 1. The number of likely N-dealkylation sites (N-methyl/N-ethyl adjacent to an activating group) is 1. The summed E-state index contributed by atoms with van der Waals surface area (Å²) in [4.78, 5) is 35.2. The average Bonchev–Trinajstić information content (AvgIpc) is 3.22. The topological polar surface area (TPSA) is 68.8 Å². The molecular weight excluding hydrogens is 354 g/mol. The third-order valence-corrected chi connectivity index (χ3v) is 5.93. The zero-order chi connectivity index (χ0) is 20.1. The molecule has 0 saturated carbocycles. The lowest BCUT2D eigenvalue weighted by Gasteiger charge is -2.36. The van der Waals surface area contributed by atoms with Gasteiger partial charge in [0.15, 0.2) is 0 Å². The van der Waals surface area contributed by atoms with Crippen molar-refractivity contribution in [2.75, 3.05) is 33.2 Å². The molecule has 0 spiro atoms. The van der Waals surface area contributed by atoms with E-state index < -0.39 is 0 Å². The van der Waals surface area contributed by atoms with Crippen LogP contribution >= 0.6 is 0 Å². The average molecular weight is 388 g/mol. The first-order valence-electron chi connectivity index (χ1n) is 10.4. The van der Waals surface area contributed by atoms with Gasteiger partial charge in [0.05, 0.1) is 0 Å². The van der Waals surface area contributed by atoms with Crippen LogP contribution < -0.4 is 5.32 Å². The van der Waals surface area contributed by atoms with Crippen LogP contribution in [0.4, 0.5) is 9.59 Å². The number of likely N-dealkylation sites (tertiary alicyclic amines) is 2. The molecule has 0 bridgehead atoms. The zero-order valence-electron chi connectivity index (χ0n) is 17.4. The summed E-state index contributed by atoms with van der Waals surface area (Å²) in [6.07, 6.45) is 6.39. The van der Waals surface area contributed by atoms with Gasteiger partial charge in [0.25, 0.3) is 0 Å². The van der Waals surface area contributed by atoms with Gasteiger partial charge < -0.3 is 20.0 Å². The Bertz CT molecular complexity index is 681. The minimum absolute atomic E-state index is 0.0514. The summed E-state index contributed by atoms with van der Waals surface area (Å²) in [7, 11) is 1.84. The molecule has 1 aromatic rings. The Hall–Kier alpha value is -2.31. The van der Waals surface area contributed by atoms with Gasteiger partial charge in [0, 0.05) is 63.6 Å². The summed E-state index contributed by atoms with van der Waals surface area (Å²) in [5, 5.41) is 3.14. The van der Waals surface area contributed by atoms with Crippen molar-refractivity contribution in [2.24, 2.45) is 0 Å². The van der Waals surface area contributed by atoms with Gasteiger partial charge in [-0.05, 0) is 57.2 Å². The molecule has 0 unspecified atom stereocenters. The van der Waals surface area contributed by atoms with Crippen LogP contribution in [0.3, 0.4) is 0 Å². The van der Waals surface area contributed by atoms with Crippen molar-refractivity contribution in [1.82, 2.24) is 25.0 Å². The van der Waals surface area contributed by atoms with E-state index in [1.54, 1.807) is 4.90 Å². The molecular formula is C21H33N5O2. The molecule has 2 aliphatic rings. The first-order chi connectivity index (χ1) is 13.4. The Kier molecular flexibility index (Phi) is 6.75. The standard InChI is InChI=1S/C21H33N5O2/c1-16-6-9-22-19(14-16)15-17(2)24(3)20(27)23-18-7-12-26(13-8-18)21(28)25-10-4-5-11-25/h6,9,14,17-18H,4-5,7-8,10-13,15H2,1-3H3,(H,23,27)/t17-/m0/s1. The number of amides is 4. The fourth-order valence-corrected chi connectivity index (χ4v) is 3.95. The Morgan fingerprint density at radius 1 is 1.21 bits per heavy atom. The van der Waals surface area contributed by atoms with E-state index in [1.807, 2.05) is 43.0 Å². The number of hydrogen-bond acceptors (Lipinski definition) is 3. The van der Waals surface area contributed by atoms with Crippen LogP contribution in [0.15, 0.2) is 18.3 Å². The molecule has 3 rings (SSSR count). The number of aryl methyl sites for hydroxylation is 1. The molecule has 2 aliphatic heterocycles. The van der Waals surface area contributed by atoms with E-state index in [2.05, 4.69) is 16.4 Å². The van der Waals surface area contributed by atoms with Crippen molar-refractivity contribution in [3.05, 3.63) is 29.6 Å². The lowest BCUT2D eigenvalue weighted by Crippen LogP contribution is -2.52. The van der Waals surface area contributed by atoms with E-state index in [0.29, 0.717) is 13.1 Å². The number of urea groups is 2.